The van der Waals surface area contributed by atoms with Gasteiger partial charge < -0.3 is 23.7 Å². The number of benzene rings is 3. The third-order valence-corrected chi connectivity index (χ3v) is 5.77. The molecule has 0 aliphatic carbocycles. The topological polar surface area (TPSA) is 80.3 Å². The van der Waals surface area contributed by atoms with Crippen molar-refractivity contribution in [3.8, 4) is 17.2 Å². The molecule has 0 fully saturated rings. The summed E-state index contributed by atoms with van der Waals surface area (Å²) in [4.78, 5) is 23.4. The molecule has 36 heavy (non-hydrogen) atoms. The predicted octanol–water partition coefficient (Wildman–Crippen LogP) is 5.77. The van der Waals surface area contributed by atoms with E-state index in [2.05, 4.69) is 13.2 Å². The van der Waals surface area contributed by atoms with Gasteiger partial charge in [-0.3, -0.25) is 0 Å². The molecule has 0 radical (unpaired) electrons. The van der Waals surface area contributed by atoms with Gasteiger partial charge in [0.05, 0.1) is 7.11 Å². The van der Waals surface area contributed by atoms with Gasteiger partial charge in [-0.2, -0.15) is 0 Å². The zero-order valence-corrected chi connectivity index (χ0v) is 21.0. The average molecular weight is 493 g/mol. The Labute approximate surface area is 211 Å². The summed E-state index contributed by atoms with van der Waals surface area (Å²) in [6, 6.07) is 13.4. The molecule has 3 aromatic rings. The molecule has 2 unspecified atom stereocenters. The van der Waals surface area contributed by atoms with Crippen LogP contribution >= 0.6 is 0 Å². The van der Waals surface area contributed by atoms with Crippen molar-refractivity contribution in [2.24, 2.45) is 0 Å². The van der Waals surface area contributed by atoms with Crippen LogP contribution in [0.2, 0.25) is 0 Å². The van der Waals surface area contributed by atoms with E-state index in [9.17, 15) is 9.59 Å². The maximum Gasteiger partial charge on any atom is 0.330 e. The van der Waals surface area contributed by atoms with Crippen LogP contribution in [0, 0.1) is 0 Å². The summed E-state index contributed by atoms with van der Waals surface area (Å²) in [7, 11) is 1.60. The van der Waals surface area contributed by atoms with Gasteiger partial charge in [0.15, 0.2) is 0 Å². The van der Waals surface area contributed by atoms with Crippen molar-refractivity contribution in [2.45, 2.75) is 38.9 Å². The minimum absolute atomic E-state index is 0.169. The number of hydrogen-bond acceptors (Lipinski definition) is 7. The molecule has 0 N–H and O–H groups in total. The van der Waals surface area contributed by atoms with E-state index < -0.39 is 24.1 Å². The lowest BCUT2D eigenvalue weighted by Gasteiger charge is -2.22. The summed E-state index contributed by atoms with van der Waals surface area (Å²) < 4.78 is 28.9. The Morgan fingerprint density at radius 1 is 0.778 bits per heavy atom. The van der Waals surface area contributed by atoms with Crippen LogP contribution in [-0.2, 0) is 19.1 Å². The molecule has 0 saturated heterocycles. The number of fused-ring (bicyclic) bond motifs is 2. The van der Waals surface area contributed by atoms with Gasteiger partial charge in [-0.1, -0.05) is 51.3 Å². The van der Waals surface area contributed by atoms with E-state index in [0.717, 1.165) is 33.7 Å². The quantitative estimate of drug-likeness (QED) is 0.170. The molecule has 0 amide bonds. The standard InChI is InChI=1S/C29H32O7/c1-6-19(35-26(30)8-3)17-33-28-22-12-10-11-13-23(22)29(25-16-21(32-5)14-15-24(25)28)34-18-20(7-2)36-27(31)9-4/h8-16,19-20H,3-4,6-7,17-18H2,1-2,5H3. The van der Waals surface area contributed by atoms with Crippen molar-refractivity contribution >= 4 is 33.5 Å². The fourth-order valence-corrected chi connectivity index (χ4v) is 3.76. The Balaban J connectivity index is 2.07. The molecule has 190 valence electrons. The van der Waals surface area contributed by atoms with Crippen molar-refractivity contribution < 1.29 is 33.3 Å². The van der Waals surface area contributed by atoms with Crippen LogP contribution in [0.5, 0.6) is 17.2 Å². The number of ether oxygens (including phenoxy) is 5. The average Bonchev–Trinajstić information content (AvgIpc) is 2.92. The maximum atomic E-state index is 11.7. The first-order valence-corrected chi connectivity index (χ1v) is 11.9. The van der Waals surface area contributed by atoms with E-state index in [0.29, 0.717) is 30.1 Å². The Hall–Kier alpha value is -4.00. The molecular formula is C29H32O7. The van der Waals surface area contributed by atoms with Gasteiger partial charge in [-0.25, -0.2) is 9.59 Å². The molecule has 0 aliphatic heterocycles. The molecule has 7 heteroatoms. The smallest absolute Gasteiger partial charge is 0.330 e. The summed E-state index contributed by atoms with van der Waals surface area (Å²) >= 11 is 0. The van der Waals surface area contributed by atoms with Crippen LogP contribution in [0.15, 0.2) is 67.8 Å². The zero-order chi connectivity index (χ0) is 26.1. The Morgan fingerprint density at radius 2 is 1.25 bits per heavy atom. The molecule has 3 aromatic carbocycles. The Bertz CT molecular complexity index is 1250. The third kappa shape index (κ3) is 6.16. The molecule has 0 spiro atoms. The molecule has 2 atom stereocenters. The number of hydrogen-bond donors (Lipinski definition) is 0. The summed E-state index contributed by atoms with van der Waals surface area (Å²) in [5, 5.41) is 3.26. The van der Waals surface area contributed by atoms with Crippen LogP contribution in [-0.4, -0.2) is 44.5 Å². The Kier molecular flexibility index (Phi) is 9.33. The van der Waals surface area contributed by atoms with E-state index in [1.807, 2.05) is 56.3 Å². The molecular weight excluding hydrogens is 460 g/mol. The van der Waals surface area contributed by atoms with Gasteiger partial charge in [0, 0.05) is 33.7 Å². The second-order valence-corrected chi connectivity index (χ2v) is 8.08. The molecule has 3 rings (SSSR count). The van der Waals surface area contributed by atoms with Crippen molar-refractivity contribution in [3.05, 3.63) is 67.8 Å². The highest BCUT2D eigenvalue weighted by Gasteiger charge is 2.20. The normalized spacial score (nSPS) is 12.4. The van der Waals surface area contributed by atoms with Crippen LogP contribution in [0.3, 0.4) is 0 Å². The summed E-state index contributed by atoms with van der Waals surface area (Å²) in [5.74, 6) is 0.952. The summed E-state index contributed by atoms with van der Waals surface area (Å²) in [6.45, 7) is 11.1. The summed E-state index contributed by atoms with van der Waals surface area (Å²) in [5.41, 5.74) is 0. The van der Waals surface area contributed by atoms with Crippen molar-refractivity contribution in [1.29, 1.82) is 0 Å². The van der Waals surface area contributed by atoms with Crippen LogP contribution in [0.25, 0.3) is 21.5 Å². The van der Waals surface area contributed by atoms with Gasteiger partial charge >= 0.3 is 11.9 Å². The van der Waals surface area contributed by atoms with Gasteiger partial charge in [-0.15, -0.1) is 0 Å². The van der Waals surface area contributed by atoms with Crippen LogP contribution < -0.4 is 14.2 Å². The largest absolute Gasteiger partial charge is 0.497 e. The highest BCUT2D eigenvalue weighted by Crippen LogP contribution is 2.44. The number of methoxy groups -OCH3 is 1. The second kappa shape index (κ2) is 12.6. The van der Waals surface area contributed by atoms with Crippen molar-refractivity contribution in [1.82, 2.24) is 0 Å². The first-order chi connectivity index (χ1) is 17.4. The second-order valence-electron chi connectivity index (χ2n) is 8.08. The van der Waals surface area contributed by atoms with Gasteiger partial charge in [0.2, 0.25) is 0 Å². The molecule has 0 aliphatic rings. The van der Waals surface area contributed by atoms with E-state index in [1.54, 1.807) is 7.11 Å². The maximum absolute atomic E-state index is 11.7. The lowest BCUT2D eigenvalue weighted by atomic mass is 10.00. The number of carbonyl (C=O) groups excluding carboxylic acids is 2. The van der Waals surface area contributed by atoms with Gasteiger partial charge in [0.25, 0.3) is 0 Å². The zero-order valence-electron chi connectivity index (χ0n) is 21.0. The van der Waals surface area contributed by atoms with Crippen molar-refractivity contribution in [2.75, 3.05) is 20.3 Å². The van der Waals surface area contributed by atoms with Crippen LogP contribution in [0.4, 0.5) is 0 Å². The van der Waals surface area contributed by atoms with Gasteiger partial charge in [0.1, 0.15) is 42.7 Å². The fraction of sp³-hybridized carbons (Fsp3) is 0.310. The minimum Gasteiger partial charge on any atom is -0.497 e. The lowest BCUT2D eigenvalue weighted by Crippen LogP contribution is -2.24. The van der Waals surface area contributed by atoms with E-state index in [4.69, 9.17) is 23.7 Å². The first kappa shape index (κ1) is 26.6. The molecule has 0 heterocycles. The third-order valence-electron chi connectivity index (χ3n) is 5.77. The molecule has 0 bridgehead atoms. The fourth-order valence-electron chi connectivity index (χ4n) is 3.76. The highest BCUT2D eigenvalue weighted by atomic mass is 16.6. The van der Waals surface area contributed by atoms with Gasteiger partial charge in [-0.05, 0) is 31.0 Å². The first-order valence-electron chi connectivity index (χ1n) is 11.9. The van der Waals surface area contributed by atoms with Crippen LogP contribution in [0.1, 0.15) is 26.7 Å². The molecule has 0 saturated carbocycles. The molecule has 0 aromatic heterocycles. The SMILES string of the molecule is C=CC(=O)OC(CC)COc1c2ccccc2c(OCC(CC)OC(=O)C=C)c2cc(OC)ccc12. The number of rotatable bonds is 13. The number of carbonyl (C=O) groups is 2. The monoisotopic (exact) mass is 492 g/mol. The summed E-state index contributed by atoms with van der Waals surface area (Å²) in [6.07, 6.45) is 2.59. The lowest BCUT2D eigenvalue weighted by molar-refractivity contribution is -0.145. The van der Waals surface area contributed by atoms with E-state index >= 15 is 0 Å². The molecule has 7 nitrogen and oxygen atoms in total. The highest BCUT2D eigenvalue weighted by molar-refractivity contribution is 6.11. The number of esters is 2. The minimum atomic E-state index is -0.492. The predicted molar refractivity (Wildman–Crippen MR) is 140 cm³/mol. The van der Waals surface area contributed by atoms with E-state index in [-0.39, 0.29) is 13.2 Å². The van der Waals surface area contributed by atoms with E-state index in [1.165, 1.54) is 0 Å². The Morgan fingerprint density at radius 3 is 1.69 bits per heavy atom. The van der Waals surface area contributed by atoms with Crippen molar-refractivity contribution in [3.63, 3.8) is 0 Å².